The number of halogens is 2. The Balaban J connectivity index is 1.59. The number of hydrogen-bond donors (Lipinski definition) is 2. The zero-order chi connectivity index (χ0) is 20.8. The molecule has 1 saturated heterocycles. The number of nitrogens with zero attached hydrogens (tertiary/aromatic N) is 4. The smallest absolute Gasteiger partial charge is 0.216 e. The molecule has 0 amide bonds. The van der Waals surface area contributed by atoms with Gasteiger partial charge in [-0.05, 0) is 26.3 Å². The molecule has 0 radical (unpaired) electrons. The number of pyridine rings is 1. The predicted molar refractivity (Wildman–Crippen MR) is 110 cm³/mol. The first-order chi connectivity index (χ1) is 13.8. The Morgan fingerprint density at radius 3 is 2.90 bits per heavy atom. The second-order valence-electron chi connectivity index (χ2n) is 7.22. The Morgan fingerprint density at radius 2 is 2.14 bits per heavy atom. The van der Waals surface area contributed by atoms with Gasteiger partial charge < -0.3 is 10.3 Å². The van der Waals surface area contributed by atoms with Crippen molar-refractivity contribution >= 4 is 38.5 Å². The van der Waals surface area contributed by atoms with Crippen molar-refractivity contribution in [2.45, 2.75) is 31.6 Å². The van der Waals surface area contributed by atoms with Gasteiger partial charge in [0, 0.05) is 42.5 Å². The first-order valence-corrected chi connectivity index (χ1v) is 11.0. The number of H-pyrrole nitrogens is 1. The molecule has 154 valence electrons. The lowest BCUT2D eigenvalue weighted by Gasteiger charge is -2.19. The van der Waals surface area contributed by atoms with Crippen LogP contribution in [-0.2, 0) is 10.0 Å². The molecule has 0 spiro atoms. The number of aromatic nitrogens is 4. The van der Waals surface area contributed by atoms with E-state index in [4.69, 9.17) is 11.6 Å². The van der Waals surface area contributed by atoms with Crippen LogP contribution in [0.2, 0.25) is 5.02 Å². The lowest BCUT2D eigenvalue weighted by Crippen LogP contribution is -2.36. The van der Waals surface area contributed by atoms with Crippen molar-refractivity contribution in [3.8, 4) is 11.4 Å². The summed E-state index contributed by atoms with van der Waals surface area (Å²) in [6.07, 6.45) is 4.88. The van der Waals surface area contributed by atoms with E-state index in [1.165, 1.54) is 10.5 Å². The molecule has 0 bridgehead atoms. The highest BCUT2D eigenvalue weighted by Crippen LogP contribution is 2.29. The quantitative estimate of drug-likeness (QED) is 0.634. The van der Waals surface area contributed by atoms with E-state index in [9.17, 15) is 12.8 Å². The topological polar surface area (TPSA) is 104 Å². The van der Waals surface area contributed by atoms with Crippen molar-refractivity contribution in [3.63, 3.8) is 0 Å². The molecule has 0 aromatic carbocycles. The molecule has 3 aromatic rings. The Hall–Kier alpha value is -2.30. The number of sulfonamides is 1. The van der Waals surface area contributed by atoms with Crippen molar-refractivity contribution in [2.75, 3.05) is 18.4 Å². The number of nitrogens with one attached hydrogen (secondary N) is 2. The third-order valence-corrected chi connectivity index (χ3v) is 7.38. The van der Waals surface area contributed by atoms with Crippen LogP contribution in [0.3, 0.4) is 0 Å². The van der Waals surface area contributed by atoms with E-state index in [0.717, 1.165) is 11.6 Å². The fourth-order valence-electron chi connectivity index (χ4n) is 3.33. The van der Waals surface area contributed by atoms with Gasteiger partial charge in [-0.2, -0.15) is 4.31 Å². The van der Waals surface area contributed by atoms with Crippen LogP contribution in [0.25, 0.3) is 22.4 Å². The SMILES string of the molecule is CC(C)S(=O)(=O)N1CCC(Nc2nc(-c3c[nH]c4ncc(Cl)cc34)ncc2F)C1. The number of anilines is 1. The Labute approximate surface area is 172 Å². The minimum atomic E-state index is -3.34. The van der Waals surface area contributed by atoms with Crippen LogP contribution in [0.4, 0.5) is 10.2 Å². The molecule has 1 aliphatic rings. The van der Waals surface area contributed by atoms with E-state index in [1.807, 2.05) is 0 Å². The molecule has 8 nitrogen and oxygen atoms in total. The first kappa shape index (κ1) is 20.0. The largest absolute Gasteiger partial charge is 0.363 e. The van der Waals surface area contributed by atoms with Crippen molar-refractivity contribution < 1.29 is 12.8 Å². The van der Waals surface area contributed by atoms with Crippen LogP contribution in [0, 0.1) is 5.82 Å². The maximum atomic E-state index is 14.3. The zero-order valence-corrected chi connectivity index (χ0v) is 17.4. The molecule has 4 heterocycles. The second-order valence-corrected chi connectivity index (χ2v) is 10.1. The third kappa shape index (κ3) is 3.79. The van der Waals surface area contributed by atoms with Gasteiger partial charge in [-0.15, -0.1) is 0 Å². The summed E-state index contributed by atoms with van der Waals surface area (Å²) >= 11 is 6.03. The average molecular weight is 439 g/mol. The monoisotopic (exact) mass is 438 g/mol. The van der Waals surface area contributed by atoms with Gasteiger partial charge in [-0.25, -0.2) is 27.8 Å². The summed E-state index contributed by atoms with van der Waals surface area (Å²) in [4.78, 5) is 15.6. The highest BCUT2D eigenvalue weighted by atomic mass is 35.5. The van der Waals surface area contributed by atoms with Crippen LogP contribution in [0.1, 0.15) is 20.3 Å². The van der Waals surface area contributed by atoms with Crippen LogP contribution >= 0.6 is 11.6 Å². The molecule has 4 rings (SSSR count). The van der Waals surface area contributed by atoms with Gasteiger partial charge in [0.1, 0.15) is 5.65 Å². The lowest BCUT2D eigenvalue weighted by molar-refractivity contribution is 0.467. The minimum Gasteiger partial charge on any atom is -0.363 e. The number of hydrogen-bond acceptors (Lipinski definition) is 6. The Kier molecular flexibility index (Phi) is 5.18. The van der Waals surface area contributed by atoms with Crippen LogP contribution in [0.5, 0.6) is 0 Å². The fraction of sp³-hybridized carbons (Fsp3) is 0.389. The molecule has 29 heavy (non-hydrogen) atoms. The lowest BCUT2D eigenvalue weighted by atomic mass is 10.2. The number of rotatable bonds is 5. The highest BCUT2D eigenvalue weighted by Gasteiger charge is 2.33. The maximum Gasteiger partial charge on any atom is 0.216 e. The summed E-state index contributed by atoms with van der Waals surface area (Å²) in [5.41, 5.74) is 1.27. The molecule has 1 fully saturated rings. The van der Waals surface area contributed by atoms with Gasteiger partial charge in [0.05, 0.1) is 16.5 Å². The van der Waals surface area contributed by atoms with Gasteiger partial charge in [-0.3, -0.25) is 0 Å². The van der Waals surface area contributed by atoms with Crippen molar-refractivity contribution in [3.05, 3.63) is 35.5 Å². The third-order valence-electron chi connectivity index (χ3n) is 4.93. The van der Waals surface area contributed by atoms with E-state index < -0.39 is 21.1 Å². The normalized spacial score (nSPS) is 18.0. The summed E-state index contributed by atoms with van der Waals surface area (Å²) in [6, 6.07) is 1.50. The van der Waals surface area contributed by atoms with Crippen molar-refractivity contribution in [2.24, 2.45) is 0 Å². The number of aromatic amines is 1. The zero-order valence-electron chi connectivity index (χ0n) is 15.9. The molecule has 1 unspecified atom stereocenters. The van der Waals surface area contributed by atoms with Gasteiger partial charge in [0.25, 0.3) is 0 Å². The molecular weight excluding hydrogens is 419 g/mol. The second kappa shape index (κ2) is 7.51. The molecule has 0 saturated carbocycles. The van der Waals surface area contributed by atoms with Crippen molar-refractivity contribution in [1.29, 1.82) is 0 Å². The van der Waals surface area contributed by atoms with E-state index in [-0.39, 0.29) is 18.4 Å². The summed E-state index contributed by atoms with van der Waals surface area (Å²) in [6.45, 7) is 3.96. The van der Waals surface area contributed by atoms with E-state index in [0.29, 0.717) is 35.0 Å². The summed E-state index contributed by atoms with van der Waals surface area (Å²) < 4.78 is 40.4. The molecule has 1 atom stereocenters. The summed E-state index contributed by atoms with van der Waals surface area (Å²) in [7, 11) is -3.34. The van der Waals surface area contributed by atoms with Crippen LogP contribution < -0.4 is 5.32 Å². The molecule has 0 aliphatic carbocycles. The van der Waals surface area contributed by atoms with Gasteiger partial charge >= 0.3 is 0 Å². The number of fused-ring (bicyclic) bond motifs is 1. The van der Waals surface area contributed by atoms with Gasteiger partial charge in [0.2, 0.25) is 10.0 Å². The van der Waals surface area contributed by atoms with E-state index in [2.05, 4.69) is 25.3 Å². The predicted octanol–water partition coefficient (Wildman–Crippen LogP) is 3.04. The molecule has 1 aliphatic heterocycles. The molecular formula is C18H20ClFN6O2S. The highest BCUT2D eigenvalue weighted by molar-refractivity contribution is 7.89. The van der Waals surface area contributed by atoms with Crippen molar-refractivity contribution in [1.82, 2.24) is 24.2 Å². The van der Waals surface area contributed by atoms with Gasteiger partial charge in [0.15, 0.2) is 17.5 Å². The molecule has 3 aromatic heterocycles. The first-order valence-electron chi connectivity index (χ1n) is 9.16. The molecule has 11 heteroatoms. The van der Waals surface area contributed by atoms with Crippen LogP contribution in [-0.4, -0.2) is 57.0 Å². The summed E-state index contributed by atoms with van der Waals surface area (Å²) in [5, 5.41) is 3.73. The Bertz CT molecular complexity index is 1170. The average Bonchev–Trinajstić information content (AvgIpc) is 3.30. The van der Waals surface area contributed by atoms with Gasteiger partial charge in [-0.1, -0.05) is 11.6 Å². The van der Waals surface area contributed by atoms with E-state index in [1.54, 1.807) is 26.1 Å². The fourth-order valence-corrected chi connectivity index (χ4v) is 4.83. The molecule has 2 N–H and O–H groups in total. The maximum absolute atomic E-state index is 14.3. The standard InChI is InChI=1S/C18H20ClFN6O2S/c1-10(2)29(27,28)26-4-3-12(9-26)24-18-15(20)8-23-17(25-18)14-7-22-16-13(14)5-11(19)6-21-16/h5-8,10,12H,3-4,9H2,1-2H3,(H,21,22)(H,23,24,25). The Morgan fingerprint density at radius 1 is 1.34 bits per heavy atom. The minimum absolute atomic E-state index is 0.0353. The van der Waals surface area contributed by atoms with E-state index >= 15 is 0 Å². The summed E-state index contributed by atoms with van der Waals surface area (Å²) in [5.74, 6) is -0.253. The van der Waals surface area contributed by atoms with Crippen LogP contribution in [0.15, 0.2) is 24.7 Å².